The van der Waals surface area contributed by atoms with E-state index in [1.807, 2.05) is 6.92 Å². The summed E-state index contributed by atoms with van der Waals surface area (Å²) in [6, 6.07) is 4.99. The molecule has 0 saturated heterocycles. The Kier molecular flexibility index (Phi) is 4.90. The molecular weight excluding hydrogens is 220 g/mol. The van der Waals surface area contributed by atoms with Gasteiger partial charge in [-0.3, -0.25) is 10.1 Å². The second-order valence-corrected chi connectivity index (χ2v) is 4.20. The van der Waals surface area contributed by atoms with Crippen LogP contribution in [0.4, 0.5) is 11.4 Å². The van der Waals surface area contributed by atoms with E-state index in [2.05, 4.69) is 5.32 Å². The zero-order valence-electron chi connectivity index (χ0n) is 10.1. The molecule has 1 unspecified atom stereocenters. The zero-order chi connectivity index (χ0) is 12.8. The Morgan fingerprint density at radius 3 is 2.82 bits per heavy atom. The summed E-state index contributed by atoms with van der Waals surface area (Å²) in [6.07, 6.45) is 1.14. The van der Waals surface area contributed by atoms with E-state index >= 15 is 0 Å². The molecule has 5 heteroatoms. The van der Waals surface area contributed by atoms with Crippen LogP contribution in [0.2, 0.25) is 0 Å². The average Bonchev–Trinajstić information content (AvgIpc) is 2.23. The molecular formula is C12H18N2O3. The number of nitro benzene ring substituents is 1. The molecule has 0 spiro atoms. The molecule has 0 radical (unpaired) electrons. The van der Waals surface area contributed by atoms with Crippen LogP contribution < -0.4 is 5.32 Å². The molecule has 2 N–H and O–H groups in total. The summed E-state index contributed by atoms with van der Waals surface area (Å²) in [5, 5.41) is 22.9. The van der Waals surface area contributed by atoms with E-state index in [0.29, 0.717) is 18.7 Å². The van der Waals surface area contributed by atoms with Gasteiger partial charge in [-0.2, -0.15) is 0 Å². The molecule has 1 rings (SSSR count). The quantitative estimate of drug-likeness (QED) is 0.453. The molecule has 0 bridgehead atoms. The first-order chi connectivity index (χ1) is 8.00. The summed E-state index contributed by atoms with van der Waals surface area (Å²) in [5.74, 6) is 0. The number of benzene rings is 1. The molecule has 1 atom stereocenters. The van der Waals surface area contributed by atoms with Crippen LogP contribution in [0.15, 0.2) is 18.2 Å². The summed E-state index contributed by atoms with van der Waals surface area (Å²) in [6.45, 7) is 4.25. The van der Waals surface area contributed by atoms with Crippen LogP contribution in [0.25, 0.3) is 0 Å². The minimum atomic E-state index is -0.392. The third-order valence-electron chi connectivity index (χ3n) is 2.46. The third kappa shape index (κ3) is 4.40. The smallest absolute Gasteiger partial charge is 0.292 e. The fourth-order valence-electron chi connectivity index (χ4n) is 1.57. The fraction of sp³-hybridized carbons (Fsp3) is 0.500. The number of anilines is 1. The molecule has 0 aliphatic carbocycles. The Balaban J connectivity index is 2.62. The number of hydrogen-bond acceptors (Lipinski definition) is 4. The van der Waals surface area contributed by atoms with Crippen LogP contribution in [-0.4, -0.2) is 22.7 Å². The predicted molar refractivity (Wildman–Crippen MR) is 67.2 cm³/mol. The predicted octanol–water partition coefficient (Wildman–Crippen LogP) is 2.48. The van der Waals surface area contributed by atoms with Crippen LogP contribution >= 0.6 is 0 Å². The first-order valence-corrected chi connectivity index (χ1v) is 5.67. The molecule has 1 aromatic rings. The number of aliphatic hydroxyl groups excluding tert-OH is 1. The lowest BCUT2D eigenvalue weighted by Gasteiger charge is -2.08. The van der Waals surface area contributed by atoms with Crippen molar-refractivity contribution in [2.75, 3.05) is 11.9 Å². The minimum Gasteiger partial charge on any atom is -0.393 e. The summed E-state index contributed by atoms with van der Waals surface area (Å²) < 4.78 is 0. The first kappa shape index (κ1) is 13.4. The molecule has 0 heterocycles. The van der Waals surface area contributed by atoms with Crippen LogP contribution in [0, 0.1) is 17.0 Å². The van der Waals surface area contributed by atoms with Crippen LogP contribution in [0.3, 0.4) is 0 Å². The van der Waals surface area contributed by atoms with E-state index in [0.717, 1.165) is 12.0 Å². The fourth-order valence-corrected chi connectivity index (χ4v) is 1.57. The Morgan fingerprint density at radius 2 is 2.24 bits per heavy atom. The number of nitrogens with zero attached hydrogens (tertiary/aromatic N) is 1. The highest BCUT2D eigenvalue weighted by atomic mass is 16.6. The molecule has 1 aromatic carbocycles. The molecule has 0 fully saturated rings. The molecule has 94 valence electrons. The topological polar surface area (TPSA) is 75.4 Å². The maximum atomic E-state index is 10.8. The van der Waals surface area contributed by atoms with Crippen LogP contribution in [-0.2, 0) is 0 Å². The van der Waals surface area contributed by atoms with E-state index in [1.165, 1.54) is 6.07 Å². The Bertz CT molecular complexity index is 391. The summed E-state index contributed by atoms with van der Waals surface area (Å²) in [7, 11) is 0. The number of nitro groups is 1. The standard InChI is InChI=1S/C12H18N2O3/c1-9-5-6-12(14(16)17)11(8-9)13-7-3-4-10(2)15/h5-6,8,10,13,15H,3-4,7H2,1-2H3. The van der Waals surface area contributed by atoms with Gasteiger partial charge in [-0.15, -0.1) is 0 Å². The highest BCUT2D eigenvalue weighted by Crippen LogP contribution is 2.25. The van der Waals surface area contributed by atoms with Gasteiger partial charge in [-0.25, -0.2) is 0 Å². The number of aryl methyl sites for hydroxylation is 1. The maximum absolute atomic E-state index is 10.8. The lowest BCUT2D eigenvalue weighted by atomic mass is 10.2. The lowest BCUT2D eigenvalue weighted by Crippen LogP contribution is -2.08. The van der Waals surface area contributed by atoms with E-state index < -0.39 is 4.92 Å². The Labute approximate surface area is 101 Å². The second kappa shape index (κ2) is 6.20. The molecule has 0 saturated carbocycles. The SMILES string of the molecule is Cc1ccc([N+](=O)[O-])c(NCCCC(C)O)c1. The molecule has 17 heavy (non-hydrogen) atoms. The third-order valence-corrected chi connectivity index (χ3v) is 2.46. The molecule has 0 aliphatic heterocycles. The number of hydrogen-bond donors (Lipinski definition) is 2. The molecule has 0 aliphatic rings. The maximum Gasteiger partial charge on any atom is 0.292 e. The molecule has 5 nitrogen and oxygen atoms in total. The monoisotopic (exact) mass is 238 g/mol. The molecule has 0 amide bonds. The van der Waals surface area contributed by atoms with Crippen LogP contribution in [0.5, 0.6) is 0 Å². The van der Waals surface area contributed by atoms with Gasteiger partial charge in [0.2, 0.25) is 0 Å². The Morgan fingerprint density at radius 1 is 1.53 bits per heavy atom. The van der Waals surface area contributed by atoms with Gasteiger partial charge in [-0.1, -0.05) is 6.07 Å². The normalized spacial score (nSPS) is 12.2. The first-order valence-electron chi connectivity index (χ1n) is 5.67. The lowest BCUT2D eigenvalue weighted by molar-refractivity contribution is -0.384. The Hall–Kier alpha value is -1.62. The highest BCUT2D eigenvalue weighted by molar-refractivity contribution is 5.62. The van der Waals surface area contributed by atoms with Crippen molar-refractivity contribution in [3.63, 3.8) is 0 Å². The number of aliphatic hydroxyl groups is 1. The minimum absolute atomic E-state index is 0.0904. The van der Waals surface area contributed by atoms with E-state index in [-0.39, 0.29) is 11.8 Å². The average molecular weight is 238 g/mol. The summed E-state index contributed by atoms with van der Waals surface area (Å²) >= 11 is 0. The van der Waals surface area contributed by atoms with Gasteiger partial charge in [0, 0.05) is 12.6 Å². The van der Waals surface area contributed by atoms with Gasteiger partial charge in [-0.05, 0) is 38.3 Å². The van der Waals surface area contributed by atoms with Crippen molar-refractivity contribution in [1.82, 2.24) is 0 Å². The number of rotatable bonds is 6. The zero-order valence-corrected chi connectivity index (χ0v) is 10.1. The summed E-state index contributed by atoms with van der Waals surface area (Å²) in [4.78, 5) is 10.4. The van der Waals surface area contributed by atoms with Gasteiger partial charge < -0.3 is 10.4 Å². The van der Waals surface area contributed by atoms with Crippen molar-refractivity contribution >= 4 is 11.4 Å². The van der Waals surface area contributed by atoms with Crippen molar-refractivity contribution in [2.45, 2.75) is 32.8 Å². The van der Waals surface area contributed by atoms with Crippen LogP contribution in [0.1, 0.15) is 25.3 Å². The van der Waals surface area contributed by atoms with Gasteiger partial charge >= 0.3 is 0 Å². The van der Waals surface area contributed by atoms with E-state index in [4.69, 9.17) is 5.11 Å². The number of nitrogens with one attached hydrogen (secondary N) is 1. The van der Waals surface area contributed by atoms with E-state index in [9.17, 15) is 10.1 Å². The highest BCUT2D eigenvalue weighted by Gasteiger charge is 2.12. The van der Waals surface area contributed by atoms with Crippen molar-refractivity contribution in [1.29, 1.82) is 0 Å². The van der Waals surface area contributed by atoms with Crippen molar-refractivity contribution in [3.8, 4) is 0 Å². The van der Waals surface area contributed by atoms with Gasteiger partial charge in [0.05, 0.1) is 11.0 Å². The largest absolute Gasteiger partial charge is 0.393 e. The van der Waals surface area contributed by atoms with Gasteiger partial charge in [0.15, 0.2) is 0 Å². The van der Waals surface area contributed by atoms with Crippen molar-refractivity contribution < 1.29 is 10.0 Å². The summed E-state index contributed by atoms with van der Waals surface area (Å²) in [5.41, 5.74) is 1.61. The van der Waals surface area contributed by atoms with Gasteiger partial charge in [0.25, 0.3) is 5.69 Å². The van der Waals surface area contributed by atoms with E-state index in [1.54, 1.807) is 19.1 Å². The molecule has 0 aromatic heterocycles. The van der Waals surface area contributed by atoms with Crippen molar-refractivity contribution in [2.24, 2.45) is 0 Å². The van der Waals surface area contributed by atoms with Gasteiger partial charge in [0.1, 0.15) is 5.69 Å². The van der Waals surface area contributed by atoms with Crippen molar-refractivity contribution in [3.05, 3.63) is 33.9 Å². The second-order valence-electron chi connectivity index (χ2n) is 4.20.